The van der Waals surface area contributed by atoms with Crippen molar-refractivity contribution in [3.05, 3.63) is 34.6 Å². The largest absolute Gasteiger partial charge is 0.493 e. The molecule has 0 unspecified atom stereocenters. The van der Waals surface area contributed by atoms with Crippen molar-refractivity contribution in [1.29, 1.82) is 0 Å². The zero-order valence-electron chi connectivity index (χ0n) is 12.9. The molecule has 0 spiro atoms. The van der Waals surface area contributed by atoms with Crippen LogP contribution in [0.15, 0.2) is 38.4 Å². The van der Waals surface area contributed by atoms with Crippen molar-refractivity contribution in [2.24, 2.45) is 5.92 Å². The topological polar surface area (TPSA) is 82.3 Å². The first kappa shape index (κ1) is 17.8. The average Bonchev–Trinajstić information content (AvgIpc) is 3.10. The predicted octanol–water partition coefficient (Wildman–Crippen LogP) is 2.98. The number of nitrogens with zero attached hydrogens (tertiary/aromatic N) is 2. The van der Waals surface area contributed by atoms with E-state index in [1.807, 2.05) is 24.3 Å². The second-order valence-corrected chi connectivity index (χ2v) is 9.78. The normalized spacial score (nSPS) is 19.5. The number of rotatable bonds is 7. The molecule has 130 valence electrons. The van der Waals surface area contributed by atoms with Crippen molar-refractivity contribution in [1.82, 2.24) is 10.2 Å². The summed E-state index contributed by atoms with van der Waals surface area (Å²) in [5.74, 6) is 2.57. The predicted molar refractivity (Wildman–Crippen MR) is 95.1 cm³/mol. The summed E-state index contributed by atoms with van der Waals surface area (Å²) in [6.07, 6.45) is 1.20. The van der Waals surface area contributed by atoms with Gasteiger partial charge >= 0.3 is 0 Å². The molecule has 6 nitrogen and oxygen atoms in total. The highest BCUT2D eigenvalue weighted by atomic mass is 79.9. The highest BCUT2D eigenvalue weighted by Crippen LogP contribution is 2.24. The van der Waals surface area contributed by atoms with Gasteiger partial charge in [0.15, 0.2) is 9.84 Å². The fourth-order valence-electron chi connectivity index (χ4n) is 2.50. The molecule has 1 aliphatic rings. The van der Waals surface area contributed by atoms with Gasteiger partial charge in [0, 0.05) is 16.6 Å². The van der Waals surface area contributed by atoms with Crippen LogP contribution in [0.1, 0.15) is 12.3 Å². The van der Waals surface area contributed by atoms with Crippen LogP contribution in [0, 0.1) is 5.92 Å². The van der Waals surface area contributed by atoms with Crippen molar-refractivity contribution in [2.45, 2.75) is 18.1 Å². The summed E-state index contributed by atoms with van der Waals surface area (Å²) in [4.78, 5) is 0. The lowest BCUT2D eigenvalue weighted by molar-refractivity contribution is 0.342. The molecule has 1 atom stereocenters. The molecule has 9 heteroatoms. The lowest BCUT2D eigenvalue weighted by Gasteiger charge is -2.04. The van der Waals surface area contributed by atoms with E-state index in [0.29, 0.717) is 36.3 Å². The number of ether oxygens (including phenoxy) is 1. The fraction of sp³-hybridized carbons (Fsp3) is 0.467. The molecule has 0 N–H and O–H groups in total. The summed E-state index contributed by atoms with van der Waals surface area (Å²) < 4.78 is 35.1. The maximum absolute atomic E-state index is 11.5. The molecule has 0 aliphatic carbocycles. The number of aromatic nitrogens is 2. The van der Waals surface area contributed by atoms with E-state index in [-0.39, 0.29) is 17.4 Å². The molecule has 1 saturated heterocycles. The molecule has 1 aliphatic heterocycles. The van der Waals surface area contributed by atoms with E-state index in [0.717, 1.165) is 10.2 Å². The number of benzene rings is 1. The van der Waals surface area contributed by atoms with Crippen molar-refractivity contribution < 1.29 is 17.6 Å². The maximum atomic E-state index is 11.5. The minimum Gasteiger partial charge on any atom is -0.493 e. The van der Waals surface area contributed by atoms with Gasteiger partial charge in [0.25, 0.3) is 5.22 Å². The molecule has 2 heterocycles. The van der Waals surface area contributed by atoms with E-state index in [9.17, 15) is 8.42 Å². The molecule has 0 saturated carbocycles. The van der Waals surface area contributed by atoms with E-state index >= 15 is 0 Å². The Morgan fingerprint density at radius 1 is 1.38 bits per heavy atom. The molecule has 3 rings (SSSR count). The van der Waals surface area contributed by atoms with Gasteiger partial charge in [-0.05, 0) is 30.5 Å². The van der Waals surface area contributed by atoms with Crippen molar-refractivity contribution in [3.8, 4) is 5.75 Å². The summed E-state index contributed by atoms with van der Waals surface area (Å²) >= 11 is 4.82. The van der Waals surface area contributed by atoms with Crippen LogP contribution in [-0.4, -0.2) is 42.5 Å². The molecular weight excluding hydrogens is 416 g/mol. The monoisotopic (exact) mass is 432 g/mol. The van der Waals surface area contributed by atoms with Crippen LogP contribution in [-0.2, 0) is 16.3 Å². The lowest BCUT2D eigenvalue weighted by Crippen LogP contribution is -2.07. The number of sulfone groups is 1. The van der Waals surface area contributed by atoms with Crippen LogP contribution in [0.2, 0.25) is 0 Å². The fourth-order valence-corrected chi connectivity index (χ4v) is 5.34. The molecular formula is C15H17BrN2O4S2. The Hall–Kier alpha value is -1.06. The summed E-state index contributed by atoms with van der Waals surface area (Å²) in [6.45, 7) is 0.527. The Kier molecular flexibility index (Phi) is 5.83. The van der Waals surface area contributed by atoms with Crippen molar-refractivity contribution >= 4 is 37.5 Å². The SMILES string of the molecule is O=S1(=O)CC[C@@H](Cc2nnc(SCCOc3cccc(Br)c3)o2)C1. The summed E-state index contributed by atoms with van der Waals surface area (Å²) in [5, 5.41) is 8.47. The van der Waals surface area contributed by atoms with E-state index in [4.69, 9.17) is 9.15 Å². The van der Waals surface area contributed by atoms with E-state index in [1.165, 1.54) is 11.8 Å². The lowest BCUT2D eigenvalue weighted by atomic mass is 10.1. The van der Waals surface area contributed by atoms with Gasteiger partial charge in [-0.15, -0.1) is 10.2 Å². The van der Waals surface area contributed by atoms with E-state index in [2.05, 4.69) is 26.1 Å². The van der Waals surface area contributed by atoms with Crippen LogP contribution in [0.3, 0.4) is 0 Å². The highest BCUT2D eigenvalue weighted by Gasteiger charge is 2.29. The number of hydrogen-bond donors (Lipinski definition) is 0. The van der Waals surface area contributed by atoms with Gasteiger partial charge < -0.3 is 9.15 Å². The van der Waals surface area contributed by atoms with Gasteiger partial charge in [0.1, 0.15) is 5.75 Å². The summed E-state index contributed by atoms with van der Waals surface area (Å²) in [7, 11) is -2.87. The van der Waals surface area contributed by atoms with Gasteiger partial charge in [0.2, 0.25) is 5.89 Å². The third-order valence-corrected chi connectivity index (χ3v) is 6.72. The Bertz CT molecular complexity index is 794. The van der Waals surface area contributed by atoms with Crippen LogP contribution in [0.4, 0.5) is 0 Å². The third-order valence-electron chi connectivity index (χ3n) is 3.61. The van der Waals surface area contributed by atoms with Crippen LogP contribution >= 0.6 is 27.7 Å². The van der Waals surface area contributed by atoms with Crippen LogP contribution < -0.4 is 4.74 Å². The van der Waals surface area contributed by atoms with Gasteiger partial charge in [-0.2, -0.15) is 0 Å². The van der Waals surface area contributed by atoms with Crippen molar-refractivity contribution in [3.63, 3.8) is 0 Å². The first-order chi connectivity index (χ1) is 11.5. The standard InChI is InChI=1S/C15H17BrN2O4S2/c16-12-2-1-3-13(9-12)21-5-6-23-15-18-17-14(22-15)8-11-4-7-24(19,20)10-11/h1-3,9,11H,4-8,10H2/t11-/m0/s1. The minimum atomic E-state index is -2.87. The Morgan fingerprint density at radius 3 is 3.00 bits per heavy atom. The first-order valence-corrected chi connectivity index (χ1v) is 11.1. The Balaban J connectivity index is 1.41. The van der Waals surface area contributed by atoms with E-state index < -0.39 is 9.84 Å². The molecule has 0 bridgehead atoms. The van der Waals surface area contributed by atoms with Gasteiger partial charge in [-0.1, -0.05) is 33.8 Å². The summed E-state index contributed by atoms with van der Waals surface area (Å²) in [6, 6.07) is 7.66. The first-order valence-electron chi connectivity index (χ1n) is 7.54. The smallest absolute Gasteiger partial charge is 0.276 e. The number of halogens is 1. The minimum absolute atomic E-state index is 0.0909. The average molecular weight is 433 g/mol. The van der Waals surface area contributed by atoms with Gasteiger partial charge in [-0.3, -0.25) is 0 Å². The molecule has 24 heavy (non-hydrogen) atoms. The zero-order valence-corrected chi connectivity index (χ0v) is 16.1. The zero-order chi connectivity index (χ0) is 17.0. The Labute approximate surface area is 153 Å². The van der Waals surface area contributed by atoms with Crippen LogP contribution in [0.25, 0.3) is 0 Å². The molecule has 0 radical (unpaired) electrons. The third kappa shape index (κ3) is 5.22. The molecule has 2 aromatic rings. The highest BCUT2D eigenvalue weighted by molar-refractivity contribution is 9.10. The van der Waals surface area contributed by atoms with Crippen LogP contribution in [0.5, 0.6) is 5.75 Å². The maximum Gasteiger partial charge on any atom is 0.276 e. The molecule has 1 aromatic carbocycles. The Morgan fingerprint density at radius 2 is 2.25 bits per heavy atom. The molecule has 1 fully saturated rings. The van der Waals surface area contributed by atoms with Gasteiger partial charge in [0.05, 0.1) is 18.1 Å². The van der Waals surface area contributed by atoms with E-state index in [1.54, 1.807) is 0 Å². The quantitative estimate of drug-likeness (QED) is 0.491. The molecule has 0 amide bonds. The second kappa shape index (κ2) is 7.88. The molecule has 1 aromatic heterocycles. The second-order valence-electron chi connectivity index (χ2n) is 5.59. The van der Waals surface area contributed by atoms with Crippen molar-refractivity contribution in [2.75, 3.05) is 23.9 Å². The summed E-state index contributed by atoms with van der Waals surface area (Å²) in [5.41, 5.74) is 0. The number of hydrogen-bond acceptors (Lipinski definition) is 7. The van der Waals surface area contributed by atoms with Gasteiger partial charge in [-0.25, -0.2) is 8.42 Å². The number of thioether (sulfide) groups is 1.